The first-order valence-electron chi connectivity index (χ1n) is 9.49. The summed E-state index contributed by atoms with van der Waals surface area (Å²) in [7, 11) is 0. The number of fused-ring (bicyclic) bond motifs is 2. The van der Waals surface area contributed by atoms with Crippen molar-refractivity contribution in [3.63, 3.8) is 0 Å². The van der Waals surface area contributed by atoms with Crippen LogP contribution in [0.4, 0.5) is 0 Å². The van der Waals surface area contributed by atoms with Gasteiger partial charge in [-0.3, -0.25) is 0 Å². The third kappa shape index (κ3) is 4.52. The molecule has 0 aliphatic carbocycles. The normalized spacial score (nSPS) is 10.6. The molecule has 0 bridgehead atoms. The molecule has 0 spiro atoms. The highest BCUT2D eigenvalue weighted by Gasteiger charge is 2.10. The van der Waals surface area contributed by atoms with Crippen LogP contribution >= 0.6 is 11.8 Å². The minimum Gasteiger partial charge on any atom is -0.423 e. The molecule has 4 aromatic rings. The van der Waals surface area contributed by atoms with E-state index in [1.807, 2.05) is 60.7 Å². The van der Waals surface area contributed by atoms with Gasteiger partial charge in [-0.05, 0) is 57.9 Å². The Kier molecular flexibility index (Phi) is 5.87. The molecular weight excluding hydrogens is 408 g/mol. The van der Waals surface area contributed by atoms with E-state index in [4.69, 9.17) is 9.47 Å². The number of ether oxygens (including phenoxy) is 2. The zero-order valence-electron chi connectivity index (χ0n) is 16.5. The van der Waals surface area contributed by atoms with E-state index in [-0.39, 0.29) is 0 Å². The van der Waals surface area contributed by atoms with Gasteiger partial charge in [-0.1, -0.05) is 61.3 Å². The van der Waals surface area contributed by atoms with Crippen LogP contribution in [0.1, 0.15) is 0 Å². The van der Waals surface area contributed by atoms with Gasteiger partial charge >= 0.3 is 11.9 Å². The summed E-state index contributed by atoms with van der Waals surface area (Å²) >= 11 is 1.59. The fourth-order valence-electron chi connectivity index (χ4n) is 3.19. The van der Waals surface area contributed by atoms with Crippen LogP contribution in [0.15, 0.2) is 108 Å². The van der Waals surface area contributed by atoms with Crippen LogP contribution in [0.3, 0.4) is 0 Å². The van der Waals surface area contributed by atoms with Crippen molar-refractivity contribution in [2.24, 2.45) is 0 Å². The third-order valence-electron chi connectivity index (χ3n) is 4.62. The number of carbonyl (C=O) groups is 2. The van der Waals surface area contributed by atoms with E-state index in [2.05, 4.69) is 13.2 Å². The Morgan fingerprint density at radius 1 is 0.677 bits per heavy atom. The average Bonchev–Trinajstić information content (AvgIpc) is 2.79. The Balaban J connectivity index is 1.76. The predicted octanol–water partition coefficient (Wildman–Crippen LogP) is 6.33. The van der Waals surface area contributed by atoms with Crippen molar-refractivity contribution in [3.8, 4) is 11.5 Å². The van der Waals surface area contributed by atoms with Gasteiger partial charge in [0.05, 0.1) is 0 Å². The van der Waals surface area contributed by atoms with E-state index in [0.717, 1.165) is 43.5 Å². The molecule has 0 radical (unpaired) electrons. The summed E-state index contributed by atoms with van der Waals surface area (Å²) in [6.45, 7) is 6.87. The zero-order chi connectivity index (χ0) is 21.8. The quantitative estimate of drug-likeness (QED) is 0.205. The fourth-order valence-corrected chi connectivity index (χ4v) is 4.29. The van der Waals surface area contributed by atoms with Crippen molar-refractivity contribution < 1.29 is 19.1 Å². The van der Waals surface area contributed by atoms with E-state index in [1.165, 1.54) is 0 Å². The van der Waals surface area contributed by atoms with Crippen LogP contribution in [0.25, 0.3) is 21.5 Å². The number of carbonyl (C=O) groups excluding carboxylic acids is 2. The van der Waals surface area contributed by atoms with Crippen molar-refractivity contribution >= 4 is 45.2 Å². The van der Waals surface area contributed by atoms with Crippen molar-refractivity contribution in [1.82, 2.24) is 0 Å². The number of benzene rings is 4. The van der Waals surface area contributed by atoms with Crippen LogP contribution in [0.5, 0.6) is 11.5 Å². The third-order valence-corrected chi connectivity index (χ3v) is 5.77. The van der Waals surface area contributed by atoms with Crippen LogP contribution in [-0.2, 0) is 9.59 Å². The molecule has 0 atom stereocenters. The Hall–Kier alpha value is -3.83. The average molecular weight is 426 g/mol. The van der Waals surface area contributed by atoms with Crippen molar-refractivity contribution in [3.05, 3.63) is 98.1 Å². The maximum absolute atomic E-state index is 11.6. The molecule has 0 unspecified atom stereocenters. The largest absolute Gasteiger partial charge is 0.423 e. The SMILES string of the molecule is C=CC(=O)Oc1ccc2cccc(Sc3cccc4ccc(OC(=O)C=C)cc34)c2c1. The molecule has 4 nitrogen and oxygen atoms in total. The van der Waals surface area contributed by atoms with Crippen LogP contribution < -0.4 is 9.47 Å². The first kappa shape index (κ1) is 20.4. The standard InChI is InChI=1S/C26H18O4S/c1-3-25(27)29-19-13-11-17-7-5-9-23(21(17)15-19)31-24-10-6-8-18-12-14-20(16-22(18)24)30-26(28)4-2/h3-16H,1-2H2. The molecule has 0 amide bonds. The highest BCUT2D eigenvalue weighted by atomic mass is 32.2. The van der Waals surface area contributed by atoms with E-state index in [0.29, 0.717) is 11.5 Å². The Morgan fingerprint density at radius 3 is 1.55 bits per heavy atom. The minimum atomic E-state index is -0.500. The number of rotatable bonds is 6. The predicted molar refractivity (Wildman–Crippen MR) is 124 cm³/mol. The van der Waals surface area contributed by atoms with Gasteiger partial charge in [0.25, 0.3) is 0 Å². The summed E-state index contributed by atoms with van der Waals surface area (Å²) in [6.07, 6.45) is 2.27. The molecule has 0 aromatic heterocycles. The van der Waals surface area contributed by atoms with Gasteiger partial charge < -0.3 is 9.47 Å². The first-order valence-corrected chi connectivity index (χ1v) is 10.3. The summed E-state index contributed by atoms with van der Waals surface area (Å²) in [5.41, 5.74) is 0. The molecule has 0 aliphatic rings. The summed E-state index contributed by atoms with van der Waals surface area (Å²) in [5, 5.41) is 4.00. The van der Waals surface area contributed by atoms with Gasteiger partial charge in [-0.25, -0.2) is 9.59 Å². The minimum absolute atomic E-state index is 0.460. The second kappa shape index (κ2) is 8.90. The summed E-state index contributed by atoms with van der Waals surface area (Å²) < 4.78 is 10.6. The van der Waals surface area contributed by atoms with Crippen LogP contribution in [-0.4, -0.2) is 11.9 Å². The van der Waals surface area contributed by atoms with E-state index >= 15 is 0 Å². The maximum Gasteiger partial charge on any atom is 0.335 e. The van der Waals surface area contributed by atoms with Gasteiger partial charge in [0.2, 0.25) is 0 Å². The molecule has 152 valence electrons. The van der Waals surface area contributed by atoms with Gasteiger partial charge in [0.1, 0.15) is 11.5 Å². The molecule has 4 aromatic carbocycles. The maximum atomic E-state index is 11.6. The Morgan fingerprint density at radius 2 is 1.13 bits per heavy atom. The van der Waals surface area contributed by atoms with Gasteiger partial charge in [-0.15, -0.1) is 0 Å². The highest BCUT2D eigenvalue weighted by Crippen LogP contribution is 2.39. The van der Waals surface area contributed by atoms with E-state index in [1.54, 1.807) is 23.9 Å². The monoisotopic (exact) mass is 426 g/mol. The molecule has 0 heterocycles. The lowest BCUT2D eigenvalue weighted by atomic mass is 10.1. The number of esters is 2. The molecule has 5 heteroatoms. The van der Waals surface area contributed by atoms with E-state index < -0.39 is 11.9 Å². The second-order valence-electron chi connectivity index (χ2n) is 6.63. The topological polar surface area (TPSA) is 52.6 Å². The summed E-state index contributed by atoms with van der Waals surface area (Å²) in [5.74, 6) is -0.0794. The lowest BCUT2D eigenvalue weighted by Gasteiger charge is -2.11. The fraction of sp³-hybridized carbons (Fsp3) is 0. The van der Waals surface area contributed by atoms with Crippen molar-refractivity contribution in [2.45, 2.75) is 9.79 Å². The molecule has 4 rings (SSSR count). The Bertz CT molecular complexity index is 1240. The van der Waals surface area contributed by atoms with E-state index in [9.17, 15) is 9.59 Å². The smallest absolute Gasteiger partial charge is 0.335 e. The van der Waals surface area contributed by atoms with Crippen LogP contribution in [0, 0.1) is 0 Å². The molecule has 31 heavy (non-hydrogen) atoms. The van der Waals surface area contributed by atoms with Crippen LogP contribution in [0.2, 0.25) is 0 Å². The molecule has 0 saturated heterocycles. The summed E-state index contributed by atoms with van der Waals surface area (Å²) in [6, 6.07) is 23.1. The molecule has 0 saturated carbocycles. The van der Waals surface area contributed by atoms with Crippen molar-refractivity contribution in [2.75, 3.05) is 0 Å². The summed E-state index contributed by atoms with van der Waals surface area (Å²) in [4.78, 5) is 25.2. The Labute approximate surface area is 183 Å². The van der Waals surface area contributed by atoms with Gasteiger partial charge in [-0.2, -0.15) is 0 Å². The molecule has 0 N–H and O–H groups in total. The lowest BCUT2D eigenvalue weighted by molar-refractivity contribution is -0.129. The zero-order valence-corrected chi connectivity index (χ0v) is 17.4. The highest BCUT2D eigenvalue weighted by molar-refractivity contribution is 7.99. The second-order valence-corrected chi connectivity index (χ2v) is 7.71. The van der Waals surface area contributed by atoms with Crippen molar-refractivity contribution in [1.29, 1.82) is 0 Å². The lowest BCUT2D eigenvalue weighted by Crippen LogP contribution is -2.02. The number of hydrogen-bond acceptors (Lipinski definition) is 5. The molecular formula is C26H18O4S. The van der Waals surface area contributed by atoms with Gasteiger partial charge in [0.15, 0.2) is 0 Å². The number of hydrogen-bond donors (Lipinski definition) is 0. The molecule has 0 fully saturated rings. The van der Waals surface area contributed by atoms with Gasteiger partial charge in [0, 0.05) is 21.9 Å². The first-order chi connectivity index (χ1) is 15.1. The molecule has 0 aliphatic heterocycles.